The Labute approximate surface area is 97.0 Å². The highest BCUT2D eigenvalue weighted by Crippen LogP contribution is 2.33. The highest BCUT2D eigenvalue weighted by molar-refractivity contribution is 6.32. The lowest BCUT2D eigenvalue weighted by Gasteiger charge is -2.00. The summed E-state index contributed by atoms with van der Waals surface area (Å²) in [6, 6.07) is 5.74. The van der Waals surface area contributed by atoms with Crippen molar-refractivity contribution in [3.05, 3.63) is 35.6 Å². The number of H-pyrrole nitrogens is 1. The van der Waals surface area contributed by atoms with Crippen molar-refractivity contribution in [2.75, 3.05) is 7.11 Å². The van der Waals surface area contributed by atoms with Crippen molar-refractivity contribution in [1.29, 1.82) is 0 Å². The number of fused-ring (bicyclic) bond motifs is 3. The summed E-state index contributed by atoms with van der Waals surface area (Å²) in [6.07, 6.45) is 3.49. The average molecular weight is 233 g/mol. The molecule has 0 radical (unpaired) electrons. The summed E-state index contributed by atoms with van der Waals surface area (Å²) < 4.78 is 5.31. The summed E-state index contributed by atoms with van der Waals surface area (Å²) in [6.45, 7) is 0. The minimum atomic E-state index is 0.715. The largest absolute Gasteiger partial charge is 0.494 e. The number of hydrogen-bond donors (Lipinski definition) is 1. The number of hydrogen-bond acceptors (Lipinski definition) is 2. The first-order valence-corrected chi connectivity index (χ1v) is 5.26. The molecular weight excluding hydrogens is 224 g/mol. The van der Waals surface area contributed by atoms with Crippen molar-refractivity contribution >= 4 is 33.4 Å². The first-order chi connectivity index (χ1) is 7.79. The summed E-state index contributed by atoms with van der Waals surface area (Å²) >= 11 is 6.00. The van der Waals surface area contributed by atoms with Crippen LogP contribution in [-0.4, -0.2) is 17.1 Å². The quantitative estimate of drug-likeness (QED) is 0.699. The van der Waals surface area contributed by atoms with E-state index in [0.29, 0.717) is 5.02 Å². The second-order valence-electron chi connectivity index (χ2n) is 3.58. The van der Waals surface area contributed by atoms with Crippen molar-refractivity contribution in [2.24, 2.45) is 0 Å². The lowest BCUT2D eigenvalue weighted by atomic mass is 10.2. The Hall–Kier alpha value is -1.74. The van der Waals surface area contributed by atoms with Crippen LogP contribution in [-0.2, 0) is 0 Å². The molecule has 1 aromatic carbocycles. The smallest absolute Gasteiger partial charge is 0.147 e. The predicted molar refractivity (Wildman–Crippen MR) is 65.2 cm³/mol. The molecule has 1 N–H and O–H groups in total. The van der Waals surface area contributed by atoms with E-state index in [4.69, 9.17) is 16.3 Å². The standard InChI is InChI=1S/C12H9ClN2O/c1-16-11-6-14-5-10-12(11)8-4-7(13)2-3-9(8)15-10/h2-6,15H,1H3. The van der Waals surface area contributed by atoms with Gasteiger partial charge in [-0.3, -0.25) is 4.98 Å². The third kappa shape index (κ3) is 1.25. The molecule has 0 saturated heterocycles. The molecule has 16 heavy (non-hydrogen) atoms. The Kier molecular flexibility index (Phi) is 2.01. The number of pyridine rings is 1. The highest BCUT2D eigenvalue weighted by atomic mass is 35.5. The fourth-order valence-corrected chi connectivity index (χ4v) is 2.12. The number of methoxy groups -OCH3 is 1. The molecule has 80 valence electrons. The number of benzene rings is 1. The SMILES string of the molecule is COc1cncc2[nH]c3ccc(Cl)cc3c12. The van der Waals surface area contributed by atoms with E-state index in [9.17, 15) is 0 Å². The Morgan fingerprint density at radius 1 is 1.25 bits per heavy atom. The van der Waals surface area contributed by atoms with E-state index in [1.54, 1.807) is 19.5 Å². The fraction of sp³-hybridized carbons (Fsp3) is 0.0833. The Bertz CT molecular complexity index is 675. The van der Waals surface area contributed by atoms with Crippen molar-refractivity contribution < 1.29 is 4.74 Å². The van der Waals surface area contributed by atoms with E-state index in [1.165, 1.54) is 0 Å². The van der Waals surface area contributed by atoms with E-state index in [1.807, 2.05) is 18.2 Å². The van der Waals surface area contributed by atoms with E-state index in [2.05, 4.69) is 9.97 Å². The molecule has 0 amide bonds. The van der Waals surface area contributed by atoms with E-state index < -0.39 is 0 Å². The Morgan fingerprint density at radius 2 is 2.12 bits per heavy atom. The topological polar surface area (TPSA) is 37.9 Å². The van der Waals surface area contributed by atoms with Crippen LogP contribution in [0, 0.1) is 0 Å². The molecule has 0 fully saturated rings. The zero-order chi connectivity index (χ0) is 11.1. The molecule has 3 aromatic rings. The summed E-state index contributed by atoms with van der Waals surface area (Å²) in [5.41, 5.74) is 1.99. The first kappa shape index (κ1) is 9.48. The number of ether oxygens (including phenoxy) is 1. The van der Waals surface area contributed by atoms with Crippen LogP contribution in [0.2, 0.25) is 5.02 Å². The number of aromatic nitrogens is 2. The van der Waals surface area contributed by atoms with Crippen LogP contribution in [0.15, 0.2) is 30.6 Å². The van der Waals surface area contributed by atoms with Gasteiger partial charge in [0, 0.05) is 15.9 Å². The van der Waals surface area contributed by atoms with Crippen LogP contribution < -0.4 is 4.74 Å². The van der Waals surface area contributed by atoms with Gasteiger partial charge in [0.25, 0.3) is 0 Å². The van der Waals surface area contributed by atoms with E-state index in [0.717, 1.165) is 27.6 Å². The van der Waals surface area contributed by atoms with Crippen LogP contribution in [0.1, 0.15) is 0 Å². The molecule has 0 atom stereocenters. The number of rotatable bonds is 1. The number of nitrogens with zero attached hydrogens (tertiary/aromatic N) is 1. The average Bonchev–Trinajstić information content (AvgIpc) is 2.66. The van der Waals surface area contributed by atoms with Crippen LogP contribution in [0.4, 0.5) is 0 Å². The molecule has 4 heteroatoms. The first-order valence-electron chi connectivity index (χ1n) is 4.88. The molecule has 0 spiro atoms. The maximum absolute atomic E-state index is 6.00. The molecule has 3 nitrogen and oxygen atoms in total. The third-order valence-electron chi connectivity index (χ3n) is 2.65. The van der Waals surface area contributed by atoms with Gasteiger partial charge in [-0.2, -0.15) is 0 Å². The van der Waals surface area contributed by atoms with E-state index in [-0.39, 0.29) is 0 Å². The van der Waals surface area contributed by atoms with Gasteiger partial charge in [-0.1, -0.05) is 11.6 Å². The van der Waals surface area contributed by atoms with Crippen molar-refractivity contribution in [2.45, 2.75) is 0 Å². The van der Waals surface area contributed by atoms with E-state index >= 15 is 0 Å². The molecule has 0 saturated carbocycles. The minimum Gasteiger partial charge on any atom is -0.494 e. The van der Waals surface area contributed by atoms with Crippen LogP contribution in [0.5, 0.6) is 5.75 Å². The molecule has 2 heterocycles. The molecule has 2 aromatic heterocycles. The lowest BCUT2D eigenvalue weighted by Crippen LogP contribution is -1.84. The molecule has 0 aliphatic rings. The molecule has 3 rings (SSSR count). The lowest BCUT2D eigenvalue weighted by molar-refractivity contribution is 0.418. The molecule has 0 unspecified atom stereocenters. The Balaban J connectivity index is 2.54. The molecule has 0 bridgehead atoms. The second kappa shape index (κ2) is 3.39. The fourth-order valence-electron chi connectivity index (χ4n) is 1.95. The second-order valence-corrected chi connectivity index (χ2v) is 4.02. The van der Waals surface area contributed by atoms with Gasteiger partial charge in [0.2, 0.25) is 0 Å². The Morgan fingerprint density at radius 3 is 2.94 bits per heavy atom. The summed E-state index contributed by atoms with van der Waals surface area (Å²) in [5, 5.41) is 2.80. The van der Waals surface area contributed by atoms with Gasteiger partial charge in [0.15, 0.2) is 0 Å². The van der Waals surface area contributed by atoms with Gasteiger partial charge in [-0.05, 0) is 18.2 Å². The highest BCUT2D eigenvalue weighted by Gasteiger charge is 2.09. The van der Waals surface area contributed by atoms with Crippen molar-refractivity contribution in [3.8, 4) is 5.75 Å². The number of halogens is 1. The van der Waals surface area contributed by atoms with Gasteiger partial charge in [-0.15, -0.1) is 0 Å². The summed E-state index contributed by atoms with van der Waals surface area (Å²) in [5.74, 6) is 0.756. The number of nitrogens with one attached hydrogen (secondary N) is 1. The van der Waals surface area contributed by atoms with Crippen LogP contribution in [0.25, 0.3) is 21.8 Å². The zero-order valence-corrected chi connectivity index (χ0v) is 9.38. The molecular formula is C12H9ClN2O. The number of aromatic amines is 1. The molecule has 0 aliphatic heterocycles. The van der Waals surface area contributed by atoms with Gasteiger partial charge < -0.3 is 9.72 Å². The molecule has 0 aliphatic carbocycles. The maximum atomic E-state index is 6.00. The predicted octanol–water partition coefficient (Wildman–Crippen LogP) is 3.38. The van der Waals surface area contributed by atoms with Crippen molar-refractivity contribution in [1.82, 2.24) is 9.97 Å². The van der Waals surface area contributed by atoms with Crippen molar-refractivity contribution in [3.63, 3.8) is 0 Å². The van der Waals surface area contributed by atoms with Gasteiger partial charge in [0.05, 0.1) is 30.4 Å². The summed E-state index contributed by atoms with van der Waals surface area (Å²) in [7, 11) is 1.64. The summed E-state index contributed by atoms with van der Waals surface area (Å²) in [4.78, 5) is 7.39. The zero-order valence-electron chi connectivity index (χ0n) is 8.62. The van der Waals surface area contributed by atoms with Crippen LogP contribution >= 0.6 is 11.6 Å². The van der Waals surface area contributed by atoms with Gasteiger partial charge >= 0.3 is 0 Å². The third-order valence-corrected chi connectivity index (χ3v) is 2.89. The van der Waals surface area contributed by atoms with Gasteiger partial charge in [-0.25, -0.2) is 0 Å². The van der Waals surface area contributed by atoms with Gasteiger partial charge in [0.1, 0.15) is 5.75 Å². The van der Waals surface area contributed by atoms with Crippen LogP contribution in [0.3, 0.4) is 0 Å². The normalized spacial score (nSPS) is 11.1. The minimum absolute atomic E-state index is 0.715. The monoisotopic (exact) mass is 232 g/mol. The maximum Gasteiger partial charge on any atom is 0.147 e.